The Kier molecular flexibility index (Phi) is 7.21. The number of allylic oxidation sites excluding steroid dienone is 12. The molecule has 8 bridgehead atoms. The molecule has 0 saturated carbocycles. The molecule has 0 amide bonds. The van der Waals surface area contributed by atoms with Gasteiger partial charge in [0.25, 0.3) is 0 Å². The van der Waals surface area contributed by atoms with E-state index in [1.807, 2.05) is 32.1 Å². The molecule has 2 atom stereocenters. The molecule has 1 aliphatic carbocycles. The molecule has 0 spiro atoms. The zero-order chi connectivity index (χ0) is 30.7. The second-order valence-corrected chi connectivity index (χ2v) is 11.8. The number of nitrogens with one attached hydrogen (secondary N) is 1. The number of aliphatic imine (C=N–C) groups is 3. The van der Waals surface area contributed by atoms with Crippen molar-refractivity contribution in [2.75, 3.05) is 13.7 Å². The number of esters is 1. The van der Waals surface area contributed by atoms with Crippen LogP contribution in [0.4, 0.5) is 0 Å². The molecule has 6 rings (SSSR count). The highest BCUT2D eigenvalue weighted by molar-refractivity contribution is 6.21. The number of nitrogens with zero attached hydrogens (tertiary/aromatic N) is 3. The molecule has 0 unspecified atom stereocenters. The van der Waals surface area contributed by atoms with Crippen LogP contribution in [0.5, 0.6) is 0 Å². The van der Waals surface area contributed by atoms with Gasteiger partial charge in [0.1, 0.15) is 5.76 Å². The summed E-state index contributed by atoms with van der Waals surface area (Å²) in [5, 5.41) is 25.4. The predicted molar refractivity (Wildman–Crippen MR) is 170 cm³/mol. The molecule has 222 valence electrons. The fourth-order valence-corrected chi connectivity index (χ4v) is 7.14. The van der Waals surface area contributed by atoms with Gasteiger partial charge in [0.15, 0.2) is 0 Å². The quantitative estimate of drug-likeness (QED) is 0.327. The molecule has 8 nitrogen and oxygen atoms in total. The van der Waals surface area contributed by atoms with E-state index in [-0.39, 0.29) is 30.8 Å². The molecule has 43 heavy (non-hydrogen) atoms. The zero-order valence-electron chi connectivity index (χ0n) is 25.7. The third kappa shape index (κ3) is 4.38. The van der Waals surface area contributed by atoms with Crippen molar-refractivity contribution in [1.29, 1.82) is 0 Å². The number of hydrogen-bond donors (Lipinski definition) is 3. The van der Waals surface area contributed by atoms with Gasteiger partial charge in [-0.1, -0.05) is 26.5 Å². The number of rotatable bonds is 6. The third-order valence-corrected chi connectivity index (χ3v) is 9.60. The van der Waals surface area contributed by atoms with Gasteiger partial charge in [0, 0.05) is 58.4 Å². The molecular formula is C35H38N4O4. The largest absolute Gasteiger partial charge is 0.511 e. The van der Waals surface area contributed by atoms with Crippen molar-refractivity contribution in [2.24, 2.45) is 26.8 Å². The van der Waals surface area contributed by atoms with E-state index >= 15 is 0 Å². The first-order chi connectivity index (χ1) is 20.6. The van der Waals surface area contributed by atoms with Gasteiger partial charge in [-0.15, -0.1) is 0 Å². The average molecular weight is 579 g/mol. The molecule has 1 fully saturated rings. The first-order valence-corrected chi connectivity index (χ1v) is 14.9. The van der Waals surface area contributed by atoms with Crippen molar-refractivity contribution in [3.05, 3.63) is 104 Å². The van der Waals surface area contributed by atoms with E-state index in [1.165, 1.54) is 7.11 Å². The monoisotopic (exact) mass is 578 g/mol. The van der Waals surface area contributed by atoms with E-state index in [9.17, 15) is 15.0 Å². The van der Waals surface area contributed by atoms with Gasteiger partial charge in [-0.25, -0.2) is 15.0 Å². The normalized spacial score (nSPS) is 24.6. The Bertz CT molecular complexity index is 1750. The Morgan fingerprint density at radius 3 is 2.49 bits per heavy atom. The molecule has 0 radical (unpaired) electrons. The summed E-state index contributed by atoms with van der Waals surface area (Å²) in [5.74, 6) is -0.0297. The summed E-state index contributed by atoms with van der Waals surface area (Å²) in [6.45, 7) is 14.3. The third-order valence-electron chi connectivity index (χ3n) is 9.60. The summed E-state index contributed by atoms with van der Waals surface area (Å²) in [6, 6.07) is 0. The molecule has 0 aromatic rings. The average Bonchev–Trinajstić information content (AvgIpc) is 3.74. The van der Waals surface area contributed by atoms with Crippen LogP contribution in [0.15, 0.2) is 119 Å². The Morgan fingerprint density at radius 2 is 1.81 bits per heavy atom. The fraction of sp³-hybridized carbons (Fsp3) is 0.371. The lowest BCUT2D eigenvalue weighted by Crippen LogP contribution is -2.16. The molecule has 8 heteroatoms. The lowest BCUT2D eigenvalue weighted by molar-refractivity contribution is -0.140. The van der Waals surface area contributed by atoms with Crippen LogP contribution < -0.4 is 5.32 Å². The van der Waals surface area contributed by atoms with Crippen molar-refractivity contribution in [1.82, 2.24) is 5.32 Å². The Labute approximate surface area is 252 Å². The van der Waals surface area contributed by atoms with Gasteiger partial charge >= 0.3 is 5.97 Å². The number of ether oxygens (including phenoxy) is 1. The zero-order valence-corrected chi connectivity index (χ0v) is 25.7. The minimum Gasteiger partial charge on any atom is -0.511 e. The van der Waals surface area contributed by atoms with Crippen LogP contribution in [0.2, 0.25) is 0 Å². The summed E-state index contributed by atoms with van der Waals surface area (Å²) in [6.07, 6.45) is 7.78. The number of carbonyl (C=O) groups excluding carboxylic acids is 1. The Hall–Kier alpha value is -4.30. The highest BCUT2D eigenvalue weighted by atomic mass is 16.5. The molecular weight excluding hydrogens is 540 g/mol. The molecule has 5 aliphatic heterocycles. The van der Waals surface area contributed by atoms with Gasteiger partial charge in [-0.05, 0) is 68.1 Å². The lowest BCUT2D eigenvalue weighted by Gasteiger charge is -2.17. The predicted octanol–water partition coefficient (Wildman–Crippen LogP) is 6.16. The molecule has 5 heterocycles. The van der Waals surface area contributed by atoms with E-state index in [0.717, 1.165) is 90.9 Å². The fourth-order valence-electron chi connectivity index (χ4n) is 7.14. The minimum absolute atomic E-state index is 0.0153. The SMILES string of the molecule is C=CC1=C2NC(=C3CC(O)=C4C3=NC(=C4C)C=C3N=C(C=C4N=C1C(C)=C4CO)C(C)=C3CC)[C@@H](CCC(=O)OC)[C@@H]2C. The van der Waals surface area contributed by atoms with Crippen LogP contribution >= 0.6 is 0 Å². The number of fused-ring (bicyclic) bond motifs is 5. The molecule has 0 aromatic carbocycles. The van der Waals surface area contributed by atoms with E-state index < -0.39 is 0 Å². The van der Waals surface area contributed by atoms with Gasteiger partial charge in [-0.2, -0.15) is 0 Å². The summed E-state index contributed by atoms with van der Waals surface area (Å²) in [4.78, 5) is 27.4. The number of methoxy groups -OCH3 is 1. The van der Waals surface area contributed by atoms with Gasteiger partial charge in [0.05, 0.1) is 47.9 Å². The summed E-state index contributed by atoms with van der Waals surface area (Å²) in [7, 11) is 1.41. The van der Waals surface area contributed by atoms with Gasteiger partial charge < -0.3 is 20.3 Å². The van der Waals surface area contributed by atoms with E-state index in [2.05, 4.69) is 32.7 Å². The second kappa shape index (κ2) is 10.8. The number of aliphatic hydroxyl groups is 2. The van der Waals surface area contributed by atoms with Gasteiger partial charge in [0.2, 0.25) is 0 Å². The van der Waals surface area contributed by atoms with E-state index in [0.29, 0.717) is 24.3 Å². The maximum absolute atomic E-state index is 12.3. The van der Waals surface area contributed by atoms with Crippen molar-refractivity contribution >= 4 is 23.1 Å². The Balaban J connectivity index is 1.65. The maximum Gasteiger partial charge on any atom is 0.305 e. The molecule has 1 saturated heterocycles. The van der Waals surface area contributed by atoms with Crippen LogP contribution in [0, 0.1) is 11.8 Å². The van der Waals surface area contributed by atoms with Crippen LogP contribution in [0.1, 0.15) is 60.3 Å². The van der Waals surface area contributed by atoms with Crippen LogP contribution in [0.3, 0.4) is 0 Å². The van der Waals surface area contributed by atoms with Crippen LogP contribution in [-0.4, -0.2) is 47.0 Å². The summed E-state index contributed by atoms with van der Waals surface area (Å²) in [5.41, 5.74) is 13.9. The first-order valence-electron chi connectivity index (χ1n) is 14.9. The first kappa shape index (κ1) is 28.8. The van der Waals surface area contributed by atoms with E-state index in [4.69, 9.17) is 19.7 Å². The second-order valence-electron chi connectivity index (χ2n) is 11.8. The van der Waals surface area contributed by atoms with Crippen molar-refractivity contribution in [3.63, 3.8) is 0 Å². The van der Waals surface area contributed by atoms with E-state index in [1.54, 1.807) is 0 Å². The molecule has 3 N–H and O–H groups in total. The highest BCUT2D eigenvalue weighted by Crippen LogP contribution is 2.47. The minimum atomic E-state index is -0.262. The summed E-state index contributed by atoms with van der Waals surface area (Å²) >= 11 is 0. The lowest BCUT2D eigenvalue weighted by atomic mass is 9.84. The maximum atomic E-state index is 12.3. The van der Waals surface area contributed by atoms with Crippen LogP contribution in [0.25, 0.3) is 0 Å². The highest BCUT2D eigenvalue weighted by Gasteiger charge is 2.42. The topological polar surface area (TPSA) is 116 Å². The number of carbonyl (C=O) groups is 1. The molecule has 0 aromatic heterocycles. The van der Waals surface area contributed by atoms with Crippen molar-refractivity contribution < 1.29 is 19.7 Å². The Morgan fingerprint density at radius 1 is 1.07 bits per heavy atom. The van der Waals surface area contributed by atoms with Gasteiger partial charge in [-0.3, -0.25) is 4.79 Å². The number of aliphatic hydroxyl groups excluding tert-OH is 2. The molecule has 6 aliphatic rings. The smallest absolute Gasteiger partial charge is 0.305 e. The van der Waals surface area contributed by atoms with Crippen molar-refractivity contribution in [3.8, 4) is 0 Å². The van der Waals surface area contributed by atoms with Crippen molar-refractivity contribution in [2.45, 2.75) is 60.3 Å². The standard InChI is InChI=1S/C35H38N4O4/c1-8-20-16(3)25-13-28-24(15-40)18(5)32(38-28)21(9-2)33-17(4)22(10-11-30(42)43-7)34(39-33)23-12-29(41)31-19(6)26(37-35(23)31)14-27(20)36-25/h9,13-14,17,22,39-41H,2,8,10-12,15H2,1,3-7H3/t17-,22-/m0/s1. The van der Waals surface area contributed by atoms with Crippen LogP contribution in [-0.2, 0) is 9.53 Å². The number of hydrogen-bond acceptors (Lipinski definition) is 8. The summed E-state index contributed by atoms with van der Waals surface area (Å²) < 4.78 is 4.98.